The van der Waals surface area contributed by atoms with Crippen molar-refractivity contribution in [1.29, 1.82) is 0 Å². The summed E-state index contributed by atoms with van der Waals surface area (Å²) in [5.74, 6) is -5.55. The van der Waals surface area contributed by atoms with Crippen LogP contribution in [0.2, 0.25) is 10.0 Å². The second-order valence-electron chi connectivity index (χ2n) is 7.81. The van der Waals surface area contributed by atoms with E-state index in [4.69, 9.17) is 23.2 Å². The largest absolute Gasteiger partial charge is 0.352 e. The summed E-state index contributed by atoms with van der Waals surface area (Å²) < 4.78 is 53.2. The maximum absolute atomic E-state index is 13.4. The highest BCUT2D eigenvalue weighted by atomic mass is 35.5. The molecule has 0 heterocycles. The van der Waals surface area contributed by atoms with Crippen molar-refractivity contribution in [3.05, 3.63) is 68.7 Å². The van der Waals surface area contributed by atoms with Crippen molar-refractivity contribution in [3.63, 3.8) is 0 Å². The average molecular weight is 491 g/mol. The standard InChI is InChI=1S/C22H20Cl2F4N2O2/c23-15-7-19(27)17(25)5-13(15)21(31)29-9-11-2-1-3-12(4-11)10-30-22(32)14-6-18(26)20(28)8-16(14)24/h5-8,11-12H,1-4,9-10H2,(H,29,31)(H,30,32)/t11-,12+. The highest BCUT2D eigenvalue weighted by Gasteiger charge is 2.24. The fraction of sp³-hybridized carbons (Fsp3) is 0.364. The molecule has 0 aliphatic heterocycles. The van der Waals surface area contributed by atoms with Crippen LogP contribution < -0.4 is 10.6 Å². The van der Waals surface area contributed by atoms with Crippen LogP contribution in [0, 0.1) is 35.1 Å². The van der Waals surface area contributed by atoms with Crippen molar-refractivity contribution in [1.82, 2.24) is 10.6 Å². The lowest BCUT2D eigenvalue weighted by molar-refractivity contribution is 0.0935. The number of hydrogen-bond donors (Lipinski definition) is 2. The second kappa shape index (κ2) is 10.5. The van der Waals surface area contributed by atoms with Crippen LogP contribution in [0.4, 0.5) is 17.6 Å². The lowest BCUT2D eigenvalue weighted by atomic mass is 9.81. The minimum absolute atomic E-state index is 0.116. The lowest BCUT2D eigenvalue weighted by Crippen LogP contribution is -2.36. The number of carbonyl (C=O) groups is 2. The molecule has 2 N–H and O–H groups in total. The molecule has 0 unspecified atom stereocenters. The number of rotatable bonds is 6. The fourth-order valence-electron chi connectivity index (χ4n) is 3.83. The van der Waals surface area contributed by atoms with E-state index in [2.05, 4.69) is 10.6 Å². The van der Waals surface area contributed by atoms with E-state index in [1.807, 2.05) is 0 Å². The van der Waals surface area contributed by atoms with Crippen LogP contribution in [0.5, 0.6) is 0 Å². The predicted octanol–water partition coefficient (Wildman–Crippen LogP) is 5.52. The first kappa shape index (κ1) is 24.3. The van der Waals surface area contributed by atoms with E-state index in [0.29, 0.717) is 19.5 Å². The van der Waals surface area contributed by atoms with Gasteiger partial charge in [-0.05, 0) is 55.4 Å². The minimum Gasteiger partial charge on any atom is -0.352 e. The van der Waals surface area contributed by atoms with E-state index >= 15 is 0 Å². The van der Waals surface area contributed by atoms with Gasteiger partial charge < -0.3 is 10.6 Å². The van der Waals surface area contributed by atoms with Crippen molar-refractivity contribution in [2.24, 2.45) is 11.8 Å². The highest BCUT2D eigenvalue weighted by molar-refractivity contribution is 6.34. The minimum atomic E-state index is -1.16. The van der Waals surface area contributed by atoms with Gasteiger partial charge >= 0.3 is 0 Å². The molecule has 2 aromatic carbocycles. The molecule has 32 heavy (non-hydrogen) atoms. The quantitative estimate of drug-likeness (QED) is 0.413. The van der Waals surface area contributed by atoms with E-state index < -0.39 is 35.1 Å². The van der Waals surface area contributed by atoms with Crippen molar-refractivity contribution in [2.45, 2.75) is 25.7 Å². The average Bonchev–Trinajstić information content (AvgIpc) is 2.75. The molecule has 1 aliphatic carbocycles. The molecular formula is C22H20Cl2F4N2O2. The number of halogens is 6. The Labute approximate surface area is 192 Å². The van der Waals surface area contributed by atoms with Gasteiger partial charge in [-0.25, -0.2) is 17.6 Å². The third-order valence-electron chi connectivity index (χ3n) is 5.50. The Balaban J connectivity index is 1.51. The Hall–Kier alpha value is -2.32. The Morgan fingerprint density at radius 2 is 1.12 bits per heavy atom. The van der Waals surface area contributed by atoms with Gasteiger partial charge in [0.05, 0.1) is 21.2 Å². The highest BCUT2D eigenvalue weighted by Crippen LogP contribution is 2.29. The van der Waals surface area contributed by atoms with Gasteiger partial charge in [0.15, 0.2) is 23.3 Å². The van der Waals surface area contributed by atoms with E-state index in [1.165, 1.54) is 0 Å². The SMILES string of the molecule is O=C(NC[C@H]1CCC[C@@H](CNC(=O)c2cc(F)c(F)cc2Cl)C1)c1cc(F)c(F)cc1Cl. The number of benzene rings is 2. The zero-order valence-electron chi connectivity index (χ0n) is 16.8. The van der Waals surface area contributed by atoms with Crippen LogP contribution in [0.15, 0.2) is 24.3 Å². The molecule has 2 atom stereocenters. The molecule has 1 fully saturated rings. The summed E-state index contributed by atoms with van der Waals surface area (Å²) in [5, 5.41) is 5.03. The molecular weight excluding hydrogens is 471 g/mol. The molecule has 4 nitrogen and oxygen atoms in total. The Kier molecular flexibility index (Phi) is 8.00. The maximum Gasteiger partial charge on any atom is 0.252 e. The summed E-state index contributed by atoms with van der Waals surface area (Å²) in [6.45, 7) is 0.626. The van der Waals surface area contributed by atoms with E-state index in [1.54, 1.807) is 0 Å². The molecule has 0 bridgehead atoms. The van der Waals surface area contributed by atoms with Gasteiger partial charge in [0.25, 0.3) is 11.8 Å². The van der Waals surface area contributed by atoms with Gasteiger partial charge in [0.2, 0.25) is 0 Å². The molecule has 0 aromatic heterocycles. The molecule has 0 spiro atoms. The molecule has 0 saturated heterocycles. The summed E-state index contributed by atoms with van der Waals surface area (Å²) >= 11 is 11.7. The van der Waals surface area contributed by atoms with E-state index in [9.17, 15) is 27.2 Å². The Bertz CT molecular complexity index is 956. The van der Waals surface area contributed by atoms with Crippen molar-refractivity contribution < 1.29 is 27.2 Å². The summed E-state index contributed by atoms with van der Waals surface area (Å²) in [6.07, 6.45) is 3.28. The molecule has 1 saturated carbocycles. The first-order chi connectivity index (χ1) is 15.2. The third-order valence-corrected chi connectivity index (χ3v) is 6.13. The third kappa shape index (κ3) is 5.92. The zero-order valence-corrected chi connectivity index (χ0v) is 18.3. The van der Waals surface area contributed by atoms with Gasteiger partial charge in [0.1, 0.15) is 0 Å². The monoisotopic (exact) mass is 490 g/mol. The van der Waals surface area contributed by atoms with Crippen molar-refractivity contribution in [2.75, 3.05) is 13.1 Å². The van der Waals surface area contributed by atoms with Crippen LogP contribution in [-0.4, -0.2) is 24.9 Å². The molecule has 0 radical (unpaired) electrons. The number of carbonyl (C=O) groups excluding carboxylic acids is 2. The number of nitrogens with one attached hydrogen (secondary N) is 2. The predicted molar refractivity (Wildman–Crippen MR) is 113 cm³/mol. The van der Waals surface area contributed by atoms with Crippen molar-refractivity contribution >= 4 is 35.0 Å². The van der Waals surface area contributed by atoms with Gasteiger partial charge in [-0.15, -0.1) is 0 Å². The van der Waals surface area contributed by atoms with Crippen LogP contribution in [-0.2, 0) is 0 Å². The number of amides is 2. The molecule has 10 heteroatoms. The molecule has 1 aliphatic rings. The summed E-state index contributed by atoms with van der Waals surface area (Å²) in [6, 6.07) is 3.03. The smallest absolute Gasteiger partial charge is 0.252 e. The molecule has 3 rings (SSSR count). The summed E-state index contributed by atoms with van der Waals surface area (Å²) in [7, 11) is 0. The topological polar surface area (TPSA) is 58.2 Å². The lowest BCUT2D eigenvalue weighted by Gasteiger charge is -2.29. The van der Waals surface area contributed by atoms with E-state index in [-0.39, 0.29) is 33.0 Å². The summed E-state index contributed by atoms with van der Waals surface area (Å²) in [5.41, 5.74) is -0.290. The Morgan fingerprint density at radius 3 is 1.53 bits per heavy atom. The van der Waals surface area contributed by atoms with Gasteiger partial charge in [-0.2, -0.15) is 0 Å². The molecule has 2 aromatic rings. The maximum atomic E-state index is 13.4. The van der Waals surface area contributed by atoms with E-state index in [0.717, 1.165) is 43.5 Å². The van der Waals surface area contributed by atoms with Crippen LogP contribution in [0.1, 0.15) is 46.4 Å². The number of hydrogen-bond acceptors (Lipinski definition) is 2. The van der Waals surface area contributed by atoms with Gasteiger partial charge in [0, 0.05) is 13.1 Å². The van der Waals surface area contributed by atoms with Crippen LogP contribution in [0.25, 0.3) is 0 Å². The molecule has 172 valence electrons. The van der Waals surface area contributed by atoms with Gasteiger partial charge in [-0.1, -0.05) is 29.6 Å². The van der Waals surface area contributed by atoms with Crippen LogP contribution >= 0.6 is 23.2 Å². The van der Waals surface area contributed by atoms with Gasteiger partial charge in [-0.3, -0.25) is 9.59 Å². The first-order valence-electron chi connectivity index (χ1n) is 10.0. The molecule has 2 amide bonds. The fourth-order valence-corrected chi connectivity index (χ4v) is 4.30. The van der Waals surface area contributed by atoms with Crippen molar-refractivity contribution in [3.8, 4) is 0 Å². The first-order valence-corrected chi connectivity index (χ1v) is 10.8. The normalized spacial score (nSPS) is 18.3. The second-order valence-corrected chi connectivity index (χ2v) is 8.63. The summed E-state index contributed by atoms with van der Waals surface area (Å²) in [4.78, 5) is 24.6. The Morgan fingerprint density at radius 1 is 0.750 bits per heavy atom. The zero-order chi connectivity index (χ0) is 23.4. The van der Waals surface area contributed by atoms with Crippen LogP contribution in [0.3, 0.4) is 0 Å².